The lowest BCUT2D eigenvalue weighted by Gasteiger charge is -2.05. The third kappa shape index (κ3) is 4.95. The zero-order chi connectivity index (χ0) is 17.2. The van der Waals surface area contributed by atoms with Crippen molar-refractivity contribution in [1.82, 2.24) is 19.9 Å². The normalized spacial score (nSPS) is 10.6. The van der Waals surface area contributed by atoms with Crippen LogP contribution in [-0.2, 0) is 19.3 Å². The van der Waals surface area contributed by atoms with Crippen LogP contribution in [0.1, 0.15) is 63.4 Å². The highest BCUT2D eigenvalue weighted by molar-refractivity contribution is 5.80. The Kier molecular flexibility index (Phi) is 7.53. The average Bonchev–Trinajstić information content (AvgIpc) is 3.30. The molecule has 4 nitrogen and oxygen atoms in total. The maximum absolute atomic E-state index is 4.83. The third-order valence-corrected chi connectivity index (χ3v) is 4.31. The summed E-state index contributed by atoms with van der Waals surface area (Å²) in [6.45, 7) is 6.70. The van der Waals surface area contributed by atoms with E-state index in [0.717, 1.165) is 25.1 Å². The minimum Gasteiger partial charge on any atom is -0.351 e. The fourth-order valence-corrected chi connectivity index (χ4v) is 3.00. The number of fused-ring (bicyclic) bond motifs is 1. The van der Waals surface area contributed by atoms with Crippen LogP contribution in [0.2, 0.25) is 0 Å². The predicted molar refractivity (Wildman–Crippen MR) is 101 cm³/mol. The van der Waals surface area contributed by atoms with Crippen LogP contribution >= 0.6 is 0 Å². The molecule has 0 saturated carbocycles. The first-order valence-electron chi connectivity index (χ1n) is 9.22. The summed E-state index contributed by atoms with van der Waals surface area (Å²) in [4.78, 5) is 14.7. The molecule has 3 aromatic rings. The van der Waals surface area contributed by atoms with Gasteiger partial charge in [-0.3, -0.25) is 0 Å². The van der Waals surface area contributed by atoms with Crippen molar-refractivity contribution in [2.75, 3.05) is 0 Å². The van der Waals surface area contributed by atoms with Crippen LogP contribution < -0.4 is 0 Å². The maximum Gasteiger partial charge on any atom is 0.107 e. The van der Waals surface area contributed by atoms with E-state index in [4.69, 9.17) is 4.98 Å². The van der Waals surface area contributed by atoms with E-state index in [1.807, 2.05) is 0 Å². The molecule has 0 atom stereocenters. The smallest absolute Gasteiger partial charge is 0.107 e. The molecule has 2 N–H and O–H groups in total. The Morgan fingerprint density at radius 3 is 2.46 bits per heavy atom. The molecule has 0 aliphatic heterocycles. The maximum atomic E-state index is 4.83. The van der Waals surface area contributed by atoms with Crippen LogP contribution in [0.4, 0.5) is 0 Å². The molecule has 2 aromatic heterocycles. The van der Waals surface area contributed by atoms with Crippen LogP contribution in [-0.4, -0.2) is 19.9 Å². The molecular formula is C20H30N4. The Balaban J connectivity index is 0.000000355. The monoisotopic (exact) mass is 326 g/mol. The first kappa shape index (κ1) is 18.2. The van der Waals surface area contributed by atoms with Gasteiger partial charge in [0, 0.05) is 18.8 Å². The minimum absolute atomic E-state index is 1.07. The molecule has 0 bridgehead atoms. The number of aryl methyl sites for hydroxylation is 3. The molecule has 0 spiro atoms. The standard InChI is InChI=1S/C17H26N2.C3H4N2/c1-4-7-8-9-10-16-18-15-12-11-13(5-2)14(6-3)17(15)19-16;1-2-5-3-4-1/h11-12H,4-10H2,1-3H3,(H,18,19);1-3H,(H,4,5). The van der Waals surface area contributed by atoms with Gasteiger partial charge in [-0.25, -0.2) is 9.97 Å². The molecule has 2 heterocycles. The number of H-pyrrole nitrogens is 2. The van der Waals surface area contributed by atoms with Gasteiger partial charge in [0.2, 0.25) is 0 Å². The lowest BCUT2D eigenvalue weighted by Crippen LogP contribution is -1.92. The van der Waals surface area contributed by atoms with Gasteiger partial charge in [0.25, 0.3) is 0 Å². The predicted octanol–water partition coefficient (Wildman–Crippen LogP) is 5.22. The average molecular weight is 326 g/mol. The Hall–Kier alpha value is -2.10. The van der Waals surface area contributed by atoms with Crippen molar-refractivity contribution < 1.29 is 0 Å². The van der Waals surface area contributed by atoms with E-state index >= 15 is 0 Å². The summed E-state index contributed by atoms with van der Waals surface area (Å²) < 4.78 is 0. The summed E-state index contributed by atoms with van der Waals surface area (Å²) in [5.41, 5.74) is 5.28. The number of hydrogen-bond donors (Lipinski definition) is 2. The number of nitrogens with one attached hydrogen (secondary N) is 2. The highest BCUT2D eigenvalue weighted by Crippen LogP contribution is 2.22. The van der Waals surface area contributed by atoms with Crippen molar-refractivity contribution in [3.05, 3.63) is 47.8 Å². The Morgan fingerprint density at radius 2 is 1.88 bits per heavy atom. The molecule has 0 aliphatic carbocycles. The molecule has 0 saturated heterocycles. The van der Waals surface area contributed by atoms with E-state index in [9.17, 15) is 0 Å². The summed E-state index contributed by atoms with van der Waals surface area (Å²) in [7, 11) is 0. The lowest BCUT2D eigenvalue weighted by molar-refractivity contribution is 0.656. The molecule has 3 rings (SSSR count). The largest absolute Gasteiger partial charge is 0.351 e. The Labute approximate surface area is 145 Å². The first-order chi connectivity index (χ1) is 11.8. The van der Waals surface area contributed by atoms with Gasteiger partial charge < -0.3 is 9.97 Å². The molecule has 24 heavy (non-hydrogen) atoms. The summed E-state index contributed by atoms with van der Waals surface area (Å²) in [5.74, 6) is 1.16. The topological polar surface area (TPSA) is 57.4 Å². The van der Waals surface area contributed by atoms with Crippen LogP contribution in [0.5, 0.6) is 0 Å². The molecule has 4 heteroatoms. The van der Waals surface area contributed by atoms with Crippen molar-refractivity contribution in [3.63, 3.8) is 0 Å². The number of benzene rings is 1. The van der Waals surface area contributed by atoms with E-state index in [1.54, 1.807) is 18.7 Å². The van der Waals surface area contributed by atoms with Crippen LogP contribution in [0.15, 0.2) is 30.9 Å². The molecular weight excluding hydrogens is 296 g/mol. The van der Waals surface area contributed by atoms with E-state index in [1.165, 1.54) is 47.8 Å². The third-order valence-electron chi connectivity index (χ3n) is 4.31. The zero-order valence-corrected chi connectivity index (χ0v) is 15.2. The molecule has 0 fully saturated rings. The lowest BCUT2D eigenvalue weighted by atomic mass is 10.0. The fraction of sp³-hybridized carbons (Fsp3) is 0.500. The van der Waals surface area contributed by atoms with E-state index in [2.05, 4.69) is 47.9 Å². The van der Waals surface area contributed by atoms with Crippen molar-refractivity contribution in [2.24, 2.45) is 0 Å². The Morgan fingerprint density at radius 1 is 1.00 bits per heavy atom. The second-order valence-corrected chi connectivity index (χ2v) is 6.06. The minimum atomic E-state index is 1.07. The number of imidazole rings is 2. The second-order valence-electron chi connectivity index (χ2n) is 6.06. The van der Waals surface area contributed by atoms with Gasteiger partial charge in [-0.1, -0.05) is 46.1 Å². The van der Waals surface area contributed by atoms with Gasteiger partial charge in [0.15, 0.2) is 0 Å². The van der Waals surface area contributed by atoms with E-state index < -0.39 is 0 Å². The molecule has 0 aliphatic rings. The summed E-state index contributed by atoms with van der Waals surface area (Å²) in [6, 6.07) is 4.44. The number of nitrogens with zero attached hydrogens (tertiary/aromatic N) is 2. The van der Waals surface area contributed by atoms with Crippen molar-refractivity contribution >= 4 is 11.0 Å². The molecule has 0 amide bonds. The van der Waals surface area contributed by atoms with Crippen molar-refractivity contribution in [2.45, 2.75) is 65.7 Å². The zero-order valence-electron chi connectivity index (χ0n) is 15.2. The van der Waals surface area contributed by atoms with Crippen LogP contribution in [0.3, 0.4) is 0 Å². The second kappa shape index (κ2) is 9.91. The van der Waals surface area contributed by atoms with Crippen molar-refractivity contribution in [1.29, 1.82) is 0 Å². The fourth-order valence-electron chi connectivity index (χ4n) is 3.00. The first-order valence-corrected chi connectivity index (χ1v) is 9.22. The van der Waals surface area contributed by atoms with Gasteiger partial charge in [-0.2, -0.15) is 0 Å². The van der Waals surface area contributed by atoms with Gasteiger partial charge in [-0.05, 0) is 36.5 Å². The number of aromatic nitrogens is 4. The number of hydrogen-bond acceptors (Lipinski definition) is 2. The summed E-state index contributed by atoms with van der Waals surface area (Å²) >= 11 is 0. The van der Waals surface area contributed by atoms with Crippen molar-refractivity contribution in [3.8, 4) is 0 Å². The molecule has 0 unspecified atom stereocenters. The molecule has 130 valence electrons. The van der Waals surface area contributed by atoms with E-state index in [0.29, 0.717) is 0 Å². The summed E-state index contributed by atoms with van der Waals surface area (Å²) in [5, 5.41) is 0. The number of aromatic amines is 2. The van der Waals surface area contributed by atoms with E-state index in [-0.39, 0.29) is 0 Å². The van der Waals surface area contributed by atoms with Crippen LogP contribution in [0, 0.1) is 0 Å². The van der Waals surface area contributed by atoms with Crippen LogP contribution in [0.25, 0.3) is 11.0 Å². The van der Waals surface area contributed by atoms with Gasteiger partial charge in [0.1, 0.15) is 5.82 Å². The Bertz CT molecular complexity index is 681. The molecule has 0 radical (unpaired) electrons. The van der Waals surface area contributed by atoms with Gasteiger partial charge >= 0.3 is 0 Å². The number of rotatable bonds is 7. The van der Waals surface area contributed by atoms with Gasteiger partial charge in [-0.15, -0.1) is 0 Å². The highest BCUT2D eigenvalue weighted by atomic mass is 14.9. The number of unbranched alkanes of at least 4 members (excludes halogenated alkanes) is 3. The summed E-state index contributed by atoms with van der Waals surface area (Å²) in [6.07, 6.45) is 13.5. The SMILES string of the molecule is CCCCCCc1nc2c(CC)c(CC)ccc2[nH]1.c1c[nH]cn1. The highest BCUT2D eigenvalue weighted by Gasteiger charge is 2.09. The molecule has 1 aromatic carbocycles. The van der Waals surface area contributed by atoms with Gasteiger partial charge in [0.05, 0.1) is 17.4 Å². The quantitative estimate of drug-likeness (QED) is 0.585.